The van der Waals surface area contributed by atoms with Crippen molar-refractivity contribution in [2.24, 2.45) is 0 Å². The number of nitrogens with one attached hydrogen (secondary N) is 1. The number of aromatic nitrogens is 1. The fraction of sp³-hybridized carbons (Fsp3) is 0.444. The number of hydrogen-bond donors (Lipinski definition) is 1. The van der Waals surface area contributed by atoms with E-state index in [4.69, 9.17) is 11.6 Å². The van der Waals surface area contributed by atoms with Crippen LogP contribution < -0.4 is 5.32 Å². The van der Waals surface area contributed by atoms with Crippen molar-refractivity contribution in [2.75, 3.05) is 0 Å². The topological polar surface area (TPSA) is 42.0 Å². The van der Waals surface area contributed by atoms with Gasteiger partial charge < -0.3 is 5.32 Å². The van der Waals surface area contributed by atoms with E-state index in [0.29, 0.717) is 12.5 Å². The van der Waals surface area contributed by atoms with Crippen molar-refractivity contribution in [2.45, 2.75) is 54.7 Å². The standard InChI is InChI=1S/C18H21ClN2OS2/c19-14-6-4-5-13(9-14)11-23-18-21-16(12-24-18)10-17(22)20-15-7-2-1-3-8-15/h4-6,9,12,15H,1-3,7-8,10-11H2,(H,20,22). The molecule has 2 aromatic rings. The summed E-state index contributed by atoms with van der Waals surface area (Å²) >= 11 is 9.28. The molecule has 0 saturated heterocycles. The monoisotopic (exact) mass is 380 g/mol. The van der Waals surface area contributed by atoms with Crippen molar-refractivity contribution >= 4 is 40.6 Å². The lowest BCUT2D eigenvalue weighted by Crippen LogP contribution is -2.37. The van der Waals surface area contributed by atoms with Crippen molar-refractivity contribution in [3.05, 3.63) is 45.9 Å². The second kappa shape index (κ2) is 8.88. The van der Waals surface area contributed by atoms with Gasteiger partial charge in [-0.05, 0) is 30.5 Å². The van der Waals surface area contributed by atoms with E-state index in [1.54, 1.807) is 23.1 Å². The van der Waals surface area contributed by atoms with Crippen molar-refractivity contribution in [1.82, 2.24) is 10.3 Å². The number of nitrogens with zero attached hydrogens (tertiary/aromatic N) is 1. The molecule has 1 N–H and O–H groups in total. The molecule has 1 amide bonds. The van der Waals surface area contributed by atoms with Gasteiger partial charge >= 0.3 is 0 Å². The number of thioether (sulfide) groups is 1. The first-order valence-corrected chi connectivity index (χ1v) is 10.5. The van der Waals surface area contributed by atoms with Crippen molar-refractivity contribution < 1.29 is 4.79 Å². The SMILES string of the molecule is O=C(Cc1csc(SCc2cccc(Cl)c2)n1)NC1CCCCC1. The smallest absolute Gasteiger partial charge is 0.226 e. The van der Waals surface area contributed by atoms with Gasteiger partial charge in [-0.3, -0.25) is 4.79 Å². The maximum atomic E-state index is 12.1. The molecule has 0 spiro atoms. The number of hydrogen-bond acceptors (Lipinski definition) is 4. The predicted octanol–water partition coefficient (Wildman–Crippen LogP) is 5.08. The fourth-order valence-corrected chi connectivity index (χ4v) is 4.90. The summed E-state index contributed by atoms with van der Waals surface area (Å²) in [6, 6.07) is 8.23. The van der Waals surface area contributed by atoms with Gasteiger partial charge in [0.15, 0.2) is 0 Å². The first-order valence-electron chi connectivity index (χ1n) is 8.30. The maximum Gasteiger partial charge on any atom is 0.226 e. The van der Waals surface area contributed by atoms with Gasteiger partial charge in [0.25, 0.3) is 0 Å². The van der Waals surface area contributed by atoms with Crippen LogP contribution in [-0.4, -0.2) is 16.9 Å². The first kappa shape index (κ1) is 17.8. The molecule has 0 atom stereocenters. The normalized spacial score (nSPS) is 15.4. The number of halogens is 1. The Morgan fingerprint density at radius 2 is 2.17 bits per heavy atom. The molecule has 24 heavy (non-hydrogen) atoms. The lowest BCUT2D eigenvalue weighted by Gasteiger charge is -2.22. The number of benzene rings is 1. The van der Waals surface area contributed by atoms with Crippen LogP contribution in [0, 0.1) is 0 Å². The van der Waals surface area contributed by atoms with Gasteiger partial charge in [-0.15, -0.1) is 11.3 Å². The maximum absolute atomic E-state index is 12.1. The minimum Gasteiger partial charge on any atom is -0.353 e. The molecule has 128 valence electrons. The molecular formula is C18H21ClN2OS2. The van der Waals surface area contributed by atoms with Gasteiger partial charge in [0.2, 0.25) is 5.91 Å². The Morgan fingerprint density at radius 3 is 2.96 bits per heavy atom. The van der Waals surface area contributed by atoms with E-state index < -0.39 is 0 Å². The summed E-state index contributed by atoms with van der Waals surface area (Å²) in [6.45, 7) is 0. The summed E-state index contributed by atoms with van der Waals surface area (Å²) < 4.78 is 0.996. The summed E-state index contributed by atoms with van der Waals surface area (Å²) in [7, 11) is 0. The van der Waals surface area contributed by atoms with Crippen molar-refractivity contribution in [3.63, 3.8) is 0 Å². The van der Waals surface area contributed by atoms with Crippen LogP contribution in [0.5, 0.6) is 0 Å². The molecule has 1 fully saturated rings. The molecule has 1 saturated carbocycles. The van der Waals surface area contributed by atoms with Crippen LogP contribution >= 0.6 is 34.7 Å². The van der Waals surface area contributed by atoms with Gasteiger partial charge in [-0.1, -0.05) is 54.8 Å². The van der Waals surface area contributed by atoms with Crippen molar-refractivity contribution in [3.8, 4) is 0 Å². The molecule has 0 aliphatic heterocycles. The Bertz CT molecular complexity index is 683. The van der Waals surface area contributed by atoms with E-state index in [0.717, 1.165) is 33.7 Å². The molecule has 3 nitrogen and oxygen atoms in total. The second-order valence-corrected chi connectivity index (χ2v) is 8.62. The number of carbonyl (C=O) groups excluding carboxylic acids is 1. The predicted molar refractivity (Wildman–Crippen MR) is 102 cm³/mol. The molecule has 0 bridgehead atoms. The minimum atomic E-state index is 0.0959. The third kappa shape index (κ3) is 5.50. The largest absolute Gasteiger partial charge is 0.353 e. The van der Waals surface area contributed by atoms with E-state index in [1.165, 1.54) is 24.8 Å². The van der Waals surface area contributed by atoms with Gasteiger partial charge in [-0.25, -0.2) is 4.98 Å². The van der Waals surface area contributed by atoms with Gasteiger partial charge in [0.05, 0.1) is 12.1 Å². The summed E-state index contributed by atoms with van der Waals surface area (Å²) in [5.74, 6) is 0.931. The number of rotatable bonds is 6. The van der Waals surface area contributed by atoms with E-state index >= 15 is 0 Å². The van der Waals surface area contributed by atoms with E-state index in [9.17, 15) is 4.79 Å². The number of amides is 1. The fourth-order valence-electron chi connectivity index (χ4n) is 2.90. The molecule has 1 aliphatic rings. The van der Waals surface area contributed by atoms with Crippen LogP contribution in [0.4, 0.5) is 0 Å². The van der Waals surface area contributed by atoms with E-state index in [1.807, 2.05) is 23.6 Å². The highest BCUT2D eigenvalue weighted by Gasteiger charge is 2.16. The zero-order chi connectivity index (χ0) is 16.8. The zero-order valence-electron chi connectivity index (χ0n) is 13.5. The molecule has 3 rings (SSSR count). The Labute approximate surface area is 156 Å². The highest BCUT2D eigenvalue weighted by molar-refractivity contribution is 8.00. The summed E-state index contributed by atoms with van der Waals surface area (Å²) in [6.07, 6.45) is 6.36. The number of thiazole rings is 1. The average molecular weight is 381 g/mol. The first-order chi connectivity index (χ1) is 11.7. The summed E-state index contributed by atoms with van der Waals surface area (Å²) in [5.41, 5.74) is 2.04. The lowest BCUT2D eigenvalue weighted by atomic mass is 9.95. The van der Waals surface area contributed by atoms with Gasteiger partial charge in [0, 0.05) is 22.2 Å². The Balaban J connectivity index is 1.47. The van der Waals surface area contributed by atoms with Gasteiger partial charge in [0.1, 0.15) is 4.34 Å². The van der Waals surface area contributed by atoms with Crippen LogP contribution in [0.15, 0.2) is 34.0 Å². The highest BCUT2D eigenvalue weighted by atomic mass is 35.5. The molecule has 1 aromatic carbocycles. The van der Waals surface area contributed by atoms with Crippen LogP contribution in [0.3, 0.4) is 0 Å². The molecule has 0 unspecified atom stereocenters. The average Bonchev–Trinajstić information content (AvgIpc) is 3.01. The lowest BCUT2D eigenvalue weighted by molar-refractivity contribution is -0.121. The molecule has 1 heterocycles. The van der Waals surface area contributed by atoms with Crippen molar-refractivity contribution in [1.29, 1.82) is 0 Å². The third-order valence-electron chi connectivity index (χ3n) is 4.09. The van der Waals surface area contributed by atoms with Crippen LogP contribution in [0.1, 0.15) is 43.4 Å². The van der Waals surface area contributed by atoms with Crippen LogP contribution in [0.25, 0.3) is 0 Å². The Kier molecular flexibility index (Phi) is 6.58. The number of carbonyl (C=O) groups is 1. The summed E-state index contributed by atoms with van der Waals surface area (Å²) in [4.78, 5) is 16.7. The highest BCUT2D eigenvalue weighted by Crippen LogP contribution is 2.27. The minimum absolute atomic E-state index is 0.0959. The molecule has 0 radical (unpaired) electrons. The molecule has 1 aliphatic carbocycles. The van der Waals surface area contributed by atoms with E-state index in [-0.39, 0.29) is 5.91 Å². The molecular weight excluding hydrogens is 360 g/mol. The summed E-state index contributed by atoms with van der Waals surface area (Å²) in [5, 5.41) is 5.89. The third-order valence-corrected chi connectivity index (χ3v) is 6.47. The Morgan fingerprint density at radius 1 is 1.33 bits per heavy atom. The molecule has 6 heteroatoms. The quantitative estimate of drug-likeness (QED) is 0.710. The van der Waals surface area contributed by atoms with Crippen LogP contribution in [0.2, 0.25) is 5.02 Å². The molecule has 1 aromatic heterocycles. The second-order valence-electron chi connectivity index (χ2n) is 6.10. The van der Waals surface area contributed by atoms with Crippen LogP contribution in [-0.2, 0) is 17.0 Å². The van der Waals surface area contributed by atoms with Gasteiger partial charge in [-0.2, -0.15) is 0 Å². The zero-order valence-corrected chi connectivity index (χ0v) is 15.9. The van der Waals surface area contributed by atoms with E-state index in [2.05, 4.69) is 16.4 Å². The Hall–Kier alpha value is -1.04.